The summed E-state index contributed by atoms with van der Waals surface area (Å²) in [6.07, 6.45) is 3.74. The van der Waals surface area contributed by atoms with Crippen LogP contribution in [0.5, 0.6) is 0 Å². The molecule has 3 heterocycles. The molecule has 35 heavy (non-hydrogen) atoms. The van der Waals surface area contributed by atoms with Gasteiger partial charge in [-0.15, -0.1) is 0 Å². The lowest BCUT2D eigenvalue weighted by Crippen LogP contribution is -2.47. The highest BCUT2D eigenvalue weighted by atomic mass is 16.5. The number of carbonyl (C=O) groups is 1. The highest BCUT2D eigenvalue weighted by molar-refractivity contribution is 6.12. The Hall–Kier alpha value is -3.00. The number of allylic oxidation sites excluding steroid dienone is 1. The Kier molecular flexibility index (Phi) is 6.73. The maximum Gasteiger partial charge on any atom is 0.307 e. The first-order chi connectivity index (χ1) is 16.9. The number of aromatic nitrogens is 2. The van der Waals surface area contributed by atoms with Crippen molar-refractivity contribution in [3.8, 4) is 11.4 Å². The number of piperazine rings is 1. The standard InChI is InChI=1S/C27H35N5O3/c1-4-34-23(33)10-12-31-13-15-32(16-14-31)21-7-5-19(6-8-21)25-29-26(35-30-25)24-22-9-11-27(2,3)17-20(22)18-28-24/h5-8H,4,9-18H2,1-3H3. The summed E-state index contributed by atoms with van der Waals surface area (Å²) >= 11 is 0. The number of benzene rings is 1. The Morgan fingerprint density at radius 1 is 1.14 bits per heavy atom. The van der Waals surface area contributed by atoms with E-state index in [4.69, 9.17) is 14.3 Å². The van der Waals surface area contributed by atoms with Crippen LogP contribution in [0.15, 0.2) is 44.9 Å². The molecule has 5 rings (SSSR count). The summed E-state index contributed by atoms with van der Waals surface area (Å²) in [6, 6.07) is 8.36. The number of esters is 1. The van der Waals surface area contributed by atoms with E-state index in [0.29, 0.717) is 30.2 Å². The zero-order valence-electron chi connectivity index (χ0n) is 21.0. The van der Waals surface area contributed by atoms with Gasteiger partial charge in [-0.25, -0.2) is 0 Å². The molecule has 3 aliphatic rings. The Morgan fingerprint density at radius 3 is 2.66 bits per heavy atom. The fourth-order valence-corrected chi connectivity index (χ4v) is 5.29. The lowest BCUT2D eigenvalue weighted by molar-refractivity contribution is -0.143. The van der Waals surface area contributed by atoms with Crippen LogP contribution in [0.3, 0.4) is 0 Å². The van der Waals surface area contributed by atoms with Crippen molar-refractivity contribution in [2.45, 2.75) is 46.5 Å². The molecule has 2 aliphatic heterocycles. The van der Waals surface area contributed by atoms with Crippen molar-refractivity contribution in [2.24, 2.45) is 10.4 Å². The van der Waals surface area contributed by atoms with Gasteiger partial charge < -0.3 is 14.2 Å². The van der Waals surface area contributed by atoms with E-state index in [1.165, 1.54) is 16.8 Å². The minimum Gasteiger partial charge on any atom is -0.466 e. The summed E-state index contributed by atoms with van der Waals surface area (Å²) in [5.74, 6) is 1.02. The molecule has 0 radical (unpaired) electrons. The molecule has 8 heteroatoms. The maximum atomic E-state index is 11.6. The van der Waals surface area contributed by atoms with Gasteiger partial charge in [0.1, 0.15) is 5.71 Å². The van der Waals surface area contributed by atoms with Crippen molar-refractivity contribution < 1.29 is 14.1 Å². The van der Waals surface area contributed by atoms with Gasteiger partial charge >= 0.3 is 5.97 Å². The number of rotatable bonds is 7. The van der Waals surface area contributed by atoms with E-state index < -0.39 is 0 Å². The second-order valence-corrected chi connectivity index (χ2v) is 10.4. The van der Waals surface area contributed by atoms with Gasteiger partial charge in [-0.2, -0.15) is 4.98 Å². The number of hydrogen-bond donors (Lipinski definition) is 0. The smallest absolute Gasteiger partial charge is 0.307 e. The number of carbonyl (C=O) groups excluding carboxylic acids is 1. The van der Waals surface area contributed by atoms with Gasteiger partial charge in [0.05, 0.1) is 19.6 Å². The number of nitrogens with zero attached hydrogens (tertiary/aromatic N) is 5. The van der Waals surface area contributed by atoms with E-state index in [1.807, 2.05) is 6.92 Å². The Balaban J connectivity index is 1.18. The van der Waals surface area contributed by atoms with Crippen molar-refractivity contribution in [3.05, 3.63) is 41.3 Å². The predicted molar refractivity (Wildman–Crippen MR) is 136 cm³/mol. The molecule has 1 fully saturated rings. The van der Waals surface area contributed by atoms with E-state index >= 15 is 0 Å². The zero-order valence-corrected chi connectivity index (χ0v) is 21.0. The molecule has 186 valence electrons. The predicted octanol–water partition coefficient (Wildman–Crippen LogP) is 4.12. The molecule has 0 bridgehead atoms. The van der Waals surface area contributed by atoms with Crippen molar-refractivity contribution in [1.82, 2.24) is 15.0 Å². The second-order valence-electron chi connectivity index (χ2n) is 10.4. The molecule has 0 unspecified atom stereocenters. The molecule has 8 nitrogen and oxygen atoms in total. The molecule has 0 spiro atoms. The quantitative estimate of drug-likeness (QED) is 0.555. The topological polar surface area (TPSA) is 84.1 Å². The van der Waals surface area contributed by atoms with Crippen LogP contribution in [0.25, 0.3) is 11.4 Å². The molecule has 1 aromatic carbocycles. The minimum absolute atomic E-state index is 0.116. The average Bonchev–Trinajstić information content (AvgIpc) is 3.50. The van der Waals surface area contributed by atoms with Crippen LogP contribution in [-0.4, -0.2) is 72.6 Å². The zero-order chi connectivity index (χ0) is 24.4. The third-order valence-corrected chi connectivity index (χ3v) is 7.31. The van der Waals surface area contributed by atoms with Crippen LogP contribution in [0.4, 0.5) is 5.69 Å². The van der Waals surface area contributed by atoms with Crippen LogP contribution in [-0.2, 0) is 9.53 Å². The van der Waals surface area contributed by atoms with Gasteiger partial charge in [0.2, 0.25) is 5.82 Å². The Morgan fingerprint density at radius 2 is 1.91 bits per heavy atom. The largest absolute Gasteiger partial charge is 0.466 e. The first-order valence-corrected chi connectivity index (χ1v) is 12.7. The summed E-state index contributed by atoms with van der Waals surface area (Å²) in [4.78, 5) is 25.7. The fraction of sp³-hybridized carbons (Fsp3) is 0.556. The van der Waals surface area contributed by atoms with E-state index in [0.717, 1.165) is 69.8 Å². The van der Waals surface area contributed by atoms with Crippen molar-refractivity contribution in [2.75, 3.05) is 50.8 Å². The minimum atomic E-state index is -0.116. The average molecular weight is 478 g/mol. The monoisotopic (exact) mass is 477 g/mol. The number of hydrogen-bond acceptors (Lipinski definition) is 8. The number of aliphatic imine (C=N–C) groups is 1. The molecular formula is C27H35N5O3. The van der Waals surface area contributed by atoms with E-state index in [2.05, 4.69) is 58.1 Å². The van der Waals surface area contributed by atoms with E-state index in [1.54, 1.807) is 0 Å². The second kappa shape index (κ2) is 9.93. The van der Waals surface area contributed by atoms with Crippen LogP contribution < -0.4 is 4.90 Å². The summed E-state index contributed by atoms with van der Waals surface area (Å²) < 4.78 is 10.7. The summed E-state index contributed by atoms with van der Waals surface area (Å²) in [5, 5.41) is 4.25. The summed E-state index contributed by atoms with van der Waals surface area (Å²) in [6.45, 7) is 12.2. The van der Waals surface area contributed by atoms with E-state index in [9.17, 15) is 4.79 Å². The molecule has 0 saturated carbocycles. The van der Waals surface area contributed by atoms with Gasteiger partial charge in [-0.3, -0.25) is 14.7 Å². The van der Waals surface area contributed by atoms with Crippen LogP contribution in [0.1, 0.15) is 52.3 Å². The van der Waals surface area contributed by atoms with Crippen LogP contribution in [0, 0.1) is 5.41 Å². The van der Waals surface area contributed by atoms with E-state index in [-0.39, 0.29) is 5.97 Å². The first-order valence-electron chi connectivity index (χ1n) is 12.7. The molecule has 0 N–H and O–H groups in total. The van der Waals surface area contributed by atoms with Crippen molar-refractivity contribution in [1.29, 1.82) is 0 Å². The van der Waals surface area contributed by atoms with Gasteiger partial charge in [0.25, 0.3) is 5.89 Å². The Bertz CT molecular complexity index is 1120. The first kappa shape index (κ1) is 23.7. The summed E-state index contributed by atoms with van der Waals surface area (Å²) in [5.41, 5.74) is 6.11. The SMILES string of the molecule is CCOC(=O)CCN1CCN(c2ccc(-c3noc(C4=NCC5=C4CCC(C)(C)C5)n3)cc2)CC1. The number of ether oxygens (including phenoxy) is 1. The highest BCUT2D eigenvalue weighted by Gasteiger charge is 2.33. The molecule has 1 aromatic heterocycles. The highest BCUT2D eigenvalue weighted by Crippen LogP contribution is 2.42. The lowest BCUT2D eigenvalue weighted by Gasteiger charge is -2.36. The molecule has 0 amide bonds. The lowest BCUT2D eigenvalue weighted by atomic mass is 9.74. The van der Waals surface area contributed by atoms with Gasteiger partial charge in [0, 0.05) is 44.0 Å². The maximum absolute atomic E-state index is 11.6. The molecular weight excluding hydrogens is 442 g/mol. The fourth-order valence-electron chi connectivity index (χ4n) is 5.29. The third kappa shape index (κ3) is 5.32. The Labute approximate surface area is 207 Å². The van der Waals surface area contributed by atoms with Crippen molar-refractivity contribution in [3.63, 3.8) is 0 Å². The third-order valence-electron chi connectivity index (χ3n) is 7.31. The summed E-state index contributed by atoms with van der Waals surface area (Å²) in [7, 11) is 0. The van der Waals surface area contributed by atoms with Crippen molar-refractivity contribution >= 4 is 17.4 Å². The molecule has 2 aromatic rings. The molecule has 0 atom stereocenters. The normalized spacial score (nSPS) is 20.1. The van der Waals surface area contributed by atoms with Crippen LogP contribution >= 0.6 is 0 Å². The number of anilines is 1. The van der Waals surface area contributed by atoms with Gasteiger partial charge in [-0.1, -0.05) is 19.0 Å². The van der Waals surface area contributed by atoms with Gasteiger partial charge in [-0.05, 0) is 67.0 Å². The molecule has 1 saturated heterocycles. The van der Waals surface area contributed by atoms with Gasteiger partial charge in [0.15, 0.2) is 0 Å². The molecule has 1 aliphatic carbocycles. The van der Waals surface area contributed by atoms with Crippen LogP contribution in [0.2, 0.25) is 0 Å².